The number of hydrogen-bond donors (Lipinski definition) is 2. The lowest BCUT2D eigenvalue weighted by Gasteiger charge is -2.27. The molecule has 0 fully saturated rings. The molecular weight excluding hydrogens is 376 g/mol. The highest BCUT2D eigenvalue weighted by Gasteiger charge is 2.42. The van der Waals surface area contributed by atoms with Crippen LogP contribution in [0.15, 0.2) is 66.1 Å². The van der Waals surface area contributed by atoms with Crippen LogP contribution in [0, 0.1) is 0 Å². The molecule has 0 aliphatic carbocycles. The zero-order chi connectivity index (χ0) is 19.8. The fourth-order valence-electron chi connectivity index (χ4n) is 3.84. The van der Waals surface area contributed by atoms with E-state index in [4.69, 9.17) is 11.6 Å². The molecule has 28 heavy (non-hydrogen) atoms. The zero-order valence-electron chi connectivity index (χ0n) is 15.3. The van der Waals surface area contributed by atoms with Gasteiger partial charge in [-0.05, 0) is 36.6 Å². The van der Waals surface area contributed by atoms with Gasteiger partial charge in [0, 0.05) is 28.7 Å². The third-order valence-corrected chi connectivity index (χ3v) is 5.52. The number of aliphatic hydroxyl groups excluding tert-OH is 1. The highest BCUT2D eigenvalue weighted by molar-refractivity contribution is 6.31. The molecule has 2 N–H and O–H groups in total. The molecule has 1 atom stereocenters. The average molecular weight is 395 g/mol. The molecule has 4 rings (SSSR count). The average Bonchev–Trinajstić information content (AvgIpc) is 3.20. The summed E-state index contributed by atoms with van der Waals surface area (Å²) in [5.74, 6) is -1.38. The maximum atomic E-state index is 12.8. The van der Waals surface area contributed by atoms with E-state index in [1.165, 1.54) is 11.8 Å². The maximum Gasteiger partial charge on any atom is 0.290 e. The number of carbonyl (C=O) groups excluding carboxylic acids is 2. The molecule has 1 aliphatic heterocycles. The van der Waals surface area contributed by atoms with Crippen molar-refractivity contribution in [1.82, 2.24) is 9.88 Å². The summed E-state index contributed by atoms with van der Waals surface area (Å²) < 4.78 is 0. The molecule has 1 amide bonds. The molecule has 2 heterocycles. The van der Waals surface area contributed by atoms with Gasteiger partial charge < -0.3 is 15.0 Å². The number of aromatic nitrogens is 1. The lowest BCUT2D eigenvalue weighted by Crippen LogP contribution is -2.33. The first-order chi connectivity index (χ1) is 13.5. The Balaban J connectivity index is 1.69. The van der Waals surface area contributed by atoms with Crippen molar-refractivity contribution in [3.63, 3.8) is 0 Å². The first kappa shape index (κ1) is 18.3. The minimum atomic E-state index is -0.691. The van der Waals surface area contributed by atoms with Gasteiger partial charge in [0.1, 0.15) is 0 Å². The van der Waals surface area contributed by atoms with Crippen molar-refractivity contribution < 1.29 is 14.7 Å². The van der Waals surface area contributed by atoms with Crippen LogP contribution in [0.5, 0.6) is 0 Å². The van der Waals surface area contributed by atoms with Gasteiger partial charge in [-0.1, -0.05) is 48.0 Å². The lowest BCUT2D eigenvalue weighted by molar-refractivity contribution is -0.129. The monoisotopic (exact) mass is 394 g/mol. The maximum absolute atomic E-state index is 12.8. The van der Waals surface area contributed by atoms with Gasteiger partial charge in [-0.25, -0.2) is 0 Å². The molecule has 1 aromatic heterocycles. The number of nitrogens with one attached hydrogen (secondary N) is 1. The van der Waals surface area contributed by atoms with E-state index in [1.54, 1.807) is 24.3 Å². The summed E-state index contributed by atoms with van der Waals surface area (Å²) in [6.07, 6.45) is 2.50. The Morgan fingerprint density at radius 2 is 1.89 bits per heavy atom. The summed E-state index contributed by atoms with van der Waals surface area (Å²) in [5.41, 5.74) is 2.82. The summed E-state index contributed by atoms with van der Waals surface area (Å²) in [4.78, 5) is 29.7. The molecule has 2 aromatic carbocycles. The van der Waals surface area contributed by atoms with Gasteiger partial charge in [0.15, 0.2) is 11.5 Å². The van der Waals surface area contributed by atoms with Crippen LogP contribution in [0.3, 0.4) is 0 Å². The Bertz CT molecular complexity index is 1120. The number of rotatable bonds is 5. The van der Waals surface area contributed by atoms with Crippen LogP contribution in [-0.2, 0) is 16.0 Å². The number of H-pyrrole nitrogens is 1. The first-order valence-electron chi connectivity index (χ1n) is 9.03. The summed E-state index contributed by atoms with van der Waals surface area (Å²) >= 11 is 6.35. The number of Topliss-reactive ketones (excluding diaryl/α,β-unsaturated/α-hetero) is 1. The summed E-state index contributed by atoms with van der Waals surface area (Å²) in [7, 11) is 0. The van der Waals surface area contributed by atoms with Crippen LogP contribution >= 0.6 is 11.6 Å². The molecule has 5 nitrogen and oxygen atoms in total. The molecule has 0 radical (unpaired) electrons. The second kappa shape index (κ2) is 7.17. The molecule has 1 aliphatic rings. The number of carbonyl (C=O) groups is 2. The van der Waals surface area contributed by atoms with Crippen LogP contribution in [0.2, 0.25) is 5.02 Å². The number of amides is 1. The van der Waals surface area contributed by atoms with E-state index < -0.39 is 17.7 Å². The van der Waals surface area contributed by atoms with Gasteiger partial charge in [-0.2, -0.15) is 0 Å². The molecule has 142 valence electrons. The Hall–Kier alpha value is -3.05. The number of para-hydroxylation sites is 1. The van der Waals surface area contributed by atoms with Crippen LogP contribution in [0.25, 0.3) is 10.9 Å². The topological polar surface area (TPSA) is 73.4 Å². The van der Waals surface area contributed by atoms with Crippen molar-refractivity contribution in [3.05, 3.63) is 82.2 Å². The SMILES string of the molecule is CC(=O)C1=C(O)C(=O)N(CCc2c[nH]c3ccccc23)C1c1ccccc1Cl. The van der Waals surface area contributed by atoms with E-state index in [0.29, 0.717) is 23.6 Å². The fourth-order valence-corrected chi connectivity index (χ4v) is 4.08. The second-order valence-corrected chi connectivity index (χ2v) is 7.26. The van der Waals surface area contributed by atoms with Crippen molar-refractivity contribution in [2.45, 2.75) is 19.4 Å². The van der Waals surface area contributed by atoms with Crippen molar-refractivity contribution in [2.75, 3.05) is 6.54 Å². The third kappa shape index (κ3) is 2.98. The number of halogens is 1. The van der Waals surface area contributed by atoms with E-state index >= 15 is 0 Å². The van der Waals surface area contributed by atoms with Gasteiger partial charge in [-0.15, -0.1) is 0 Å². The Morgan fingerprint density at radius 1 is 1.18 bits per heavy atom. The molecule has 3 aromatic rings. The Kier molecular flexibility index (Phi) is 4.69. The molecule has 0 saturated heterocycles. The predicted molar refractivity (Wildman–Crippen MR) is 108 cm³/mol. The first-order valence-corrected chi connectivity index (χ1v) is 9.41. The highest BCUT2D eigenvalue weighted by Crippen LogP contribution is 2.40. The van der Waals surface area contributed by atoms with Crippen molar-refractivity contribution >= 4 is 34.2 Å². The number of benzene rings is 2. The standard InChI is InChI=1S/C22H19ClN2O3/c1-13(26)19-20(16-7-2-4-8-17(16)23)25(22(28)21(19)27)11-10-14-12-24-18-9-5-3-6-15(14)18/h2-9,12,20,24,27H,10-11H2,1H3. The number of hydrogen-bond acceptors (Lipinski definition) is 3. The smallest absolute Gasteiger partial charge is 0.290 e. The van der Waals surface area contributed by atoms with Crippen molar-refractivity contribution in [3.8, 4) is 0 Å². The van der Waals surface area contributed by atoms with Gasteiger partial charge in [-0.3, -0.25) is 9.59 Å². The minimum absolute atomic E-state index is 0.0945. The van der Waals surface area contributed by atoms with E-state index in [0.717, 1.165) is 16.5 Å². The minimum Gasteiger partial charge on any atom is -0.503 e. The summed E-state index contributed by atoms with van der Waals surface area (Å²) in [6, 6.07) is 14.3. The third-order valence-electron chi connectivity index (χ3n) is 5.18. The quantitative estimate of drug-likeness (QED) is 0.675. The van der Waals surface area contributed by atoms with Crippen LogP contribution < -0.4 is 0 Å². The van der Waals surface area contributed by atoms with Crippen molar-refractivity contribution in [2.24, 2.45) is 0 Å². The van der Waals surface area contributed by atoms with Gasteiger partial charge in [0.25, 0.3) is 5.91 Å². The molecular formula is C22H19ClN2O3. The van der Waals surface area contributed by atoms with Gasteiger partial charge >= 0.3 is 0 Å². The Morgan fingerprint density at radius 3 is 2.64 bits per heavy atom. The van der Waals surface area contributed by atoms with Gasteiger partial charge in [0.2, 0.25) is 0 Å². The number of nitrogens with zero attached hydrogens (tertiary/aromatic N) is 1. The highest BCUT2D eigenvalue weighted by atomic mass is 35.5. The summed E-state index contributed by atoms with van der Waals surface area (Å²) in [6.45, 7) is 1.70. The number of aromatic amines is 1. The van der Waals surface area contributed by atoms with Crippen LogP contribution in [0.1, 0.15) is 24.1 Å². The zero-order valence-corrected chi connectivity index (χ0v) is 16.0. The largest absolute Gasteiger partial charge is 0.503 e. The number of ketones is 1. The van der Waals surface area contributed by atoms with Gasteiger partial charge in [0.05, 0.1) is 11.6 Å². The molecule has 6 heteroatoms. The molecule has 1 unspecified atom stereocenters. The molecule has 0 bridgehead atoms. The fraction of sp³-hybridized carbons (Fsp3) is 0.182. The summed E-state index contributed by atoms with van der Waals surface area (Å²) in [5, 5.41) is 11.9. The number of fused-ring (bicyclic) bond motifs is 1. The van der Waals surface area contributed by atoms with Crippen molar-refractivity contribution in [1.29, 1.82) is 0 Å². The number of aliphatic hydroxyl groups is 1. The molecule has 0 saturated carbocycles. The predicted octanol–water partition coefficient (Wildman–Crippen LogP) is 4.35. The Labute approximate surface area is 167 Å². The van der Waals surface area contributed by atoms with Crippen LogP contribution in [-0.4, -0.2) is 33.2 Å². The van der Waals surface area contributed by atoms with E-state index in [2.05, 4.69) is 4.98 Å². The van der Waals surface area contributed by atoms with E-state index in [1.807, 2.05) is 30.5 Å². The lowest BCUT2D eigenvalue weighted by atomic mass is 9.96. The van der Waals surface area contributed by atoms with E-state index in [-0.39, 0.29) is 11.4 Å². The van der Waals surface area contributed by atoms with E-state index in [9.17, 15) is 14.7 Å². The van der Waals surface area contributed by atoms with Crippen LogP contribution in [0.4, 0.5) is 0 Å². The normalized spacial score (nSPS) is 17.0. The molecule has 0 spiro atoms. The second-order valence-electron chi connectivity index (χ2n) is 6.85.